The summed E-state index contributed by atoms with van der Waals surface area (Å²) in [6, 6.07) is 0. The molecule has 0 aromatic carbocycles. The van der Waals surface area contributed by atoms with Crippen molar-refractivity contribution in [2.24, 2.45) is 5.41 Å². The maximum atomic E-state index is 10.1. The molecule has 10 heavy (non-hydrogen) atoms. The fourth-order valence-electron chi connectivity index (χ4n) is 0.513. The number of hydrogen-bond acceptors (Lipinski definition) is 1. The van der Waals surface area contributed by atoms with E-state index in [0.717, 1.165) is 6.42 Å². The van der Waals surface area contributed by atoms with Gasteiger partial charge in [0.1, 0.15) is 0 Å². The van der Waals surface area contributed by atoms with E-state index in [-0.39, 0.29) is 5.41 Å². The van der Waals surface area contributed by atoms with E-state index in [9.17, 15) is 4.21 Å². The largest absolute Gasteiger partial charge is 0.294 e. The molecule has 62 valence electrons. The van der Waals surface area contributed by atoms with Crippen LogP contribution in [0.4, 0.5) is 0 Å². The normalized spacial score (nSPS) is 15.2. The van der Waals surface area contributed by atoms with Crippen LogP contribution in [0, 0.1) is 5.41 Å². The average Bonchev–Trinajstić information content (AvgIpc) is 1.59. The molecule has 0 aromatic rings. The Kier molecular flexibility index (Phi) is 4.08. The molecule has 0 bridgehead atoms. The van der Waals surface area contributed by atoms with Gasteiger partial charge in [-0.25, -0.2) is 8.93 Å². The van der Waals surface area contributed by atoms with Crippen molar-refractivity contribution in [2.45, 2.75) is 27.2 Å². The fourth-order valence-corrected chi connectivity index (χ4v) is 0.790. The number of nitrogens with one attached hydrogen (secondary N) is 1. The van der Waals surface area contributed by atoms with Gasteiger partial charge >= 0.3 is 0 Å². The maximum Gasteiger partial charge on any atom is 0.231 e. The minimum Gasteiger partial charge on any atom is -0.294 e. The van der Waals surface area contributed by atoms with Crippen LogP contribution in [0.5, 0.6) is 0 Å². The molecule has 1 unspecified atom stereocenters. The van der Waals surface area contributed by atoms with E-state index in [2.05, 4.69) is 25.5 Å². The molecule has 0 aliphatic carbocycles. The summed E-state index contributed by atoms with van der Waals surface area (Å²) in [4.78, 5) is 0. The predicted octanol–water partition coefficient (Wildman–Crippen LogP) is 1.15. The van der Waals surface area contributed by atoms with Crippen LogP contribution >= 0.6 is 0 Å². The first kappa shape index (κ1) is 10.1. The SMILES string of the molecule is CC(C)(C)CCNS(=O)O. The van der Waals surface area contributed by atoms with Gasteiger partial charge in [0, 0.05) is 6.54 Å². The van der Waals surface area contributed by atoms with E-state index in [1.807, 2.05) is 0 Å². The highest BCUT2D eigenvalue weighted by atomic mass is 32.2. The second-order valence-corrected chi connectivity index (χ2v) is 4.24. The van der Waals surface area contributed by atoms with Crippen molar-refractivity contribution in [3.63, 3.8) is 0 Å². The molecule has 0 aliphatic heterocycles. The lowest BCUT2D eigenvalue weighted by atomic mass is 9.93. The topological polar surface area (TPSA) is 49.3 Å². The molecule has 0 saturated carbocycles. The quantitative estimate of drug-likeness (QED) is 0.616. The van der Waals surface area contributed by atoms with Gasteiger partial charge in [0.2, 0.25) is 11.3 Å². The van der Waals surface area contributed by atoms with Crippen molar-refractivity contribution in [1.82, 2.24) is 4.72 Å². The molecule has 0 fully saturated rings. The summed E-state index contributed by atoms with van der Waals surface area (Å²) in [7, 11) is 0. The minimum atomic E-state index is -1.85. The van der Waals surface area contributed by atoms with Crippen molar-refractivity contribution < 1.29 is 8.76 Å². The zero-order chi connectivity index (χ0) is 8.20. The van der Waals surface area contributed by atoms with E-state index in [1.54, 1.807) is 0 Å². The van der Waals surface area contributed by atoms with Crippen molar-refractivity contribution in [2.75, 3.05) is 6.54 Å². The van der Waals surface area contributed by atoms with Gasteiger partial charge in [-0.3, -0.25) is 4.55 Å². The van der Waals surface area contributed by atoms with Gasteiger partial charge in [0.15, 0.2) is 0 Å². The second-order valence-electron chi connectivity index (χ2n) is 3.45. The summed E-state index contributed by atoms with van der Waals surface area (Å²) in [6.45, 7) is 6.87. The van der Waals surface area contributed by atoms with Gasteiger partial charge < -0.3 is 0 Å². The molecule has 0 radical (unpaired) electrons. The van der Waals surface area contributed by atoms with Crippen LogP contribution in [0.3, 0.4) is 0 Å². The van der Waals surface area contributed by atoms with Crippen molar-refractivity contribution in [1.29, 1.82) is 0 Å². The van der Waals surface area contributed by atoms with Gasteiger partial charge in [-0.15, -0.1) is 0 Å². The molecule has 0 saturated heterocycles. The Morgan fingerprint density at radius 2 is 2.00 bits per heavy atom. The van der Waals surface area contributed by atoms with Crippen LogP contribution in [-0.2, 0) is 11.3 Å². The minimum absolute atomic E-state index is 0.229. The standard InChI is InChI=1S/C6H15NO2S/c1-6(2,3)4-5-7-10(8)9/h7H,4-5H2,1-3H3,(H,8,9). The van der Waals surface area contributed by atoms with Crippen LogP contribution < -0.4 is 4.72 Å². The maximum absolute atomic E-state index is 10.1. The Hall–Kier alpha value is 0.0700. The lowest BCUT2D eigenvalue weighted by Crippen LogP contribution is -2.21. The van der Waals surface area contributed by atoms with Crippen molar-refractivity contribution in [3.8, 4) is 0 Å². The van der Waals surface area contributed by atoms with Crippen LogP contribution in [0.15, 0.2) is 0 Å². The average molecular weight is 165 g/mol. The monoisotopic (exact) mass is 165 g/mol. The van der Waals surface area contributed by atoms with Crippen LogP contribution in [0.1, 0.15) is 27.2 Å². The highest BCUT2D eigenvalue weighted by Crippen LogP contribution is 2.16. The zero-order valence-electron chi connectivity index (χ0n) is 6.68. The number of rotatable bonds is 3. The van der Waals surface area contributed by atoms with Crippen molar-refractivity contribution >= 4 is 11.3 Å². The third kappa shape index (κ3) is 8.07. The van der Waals surface area contributed by atoms with Crippen LogP contribution in [0.25, 0.3) is 0 Å². The van der Waals surface area contributed by atoms with Gasteiger partial charge in [-0.05, 0) is 11.8 Å². The fraction of sp³-hybridized carbons (Fsp3) is 1.00. The van der Waals surface area contributed by atoms with E-state index >= 15 is 0 Å². The van der Waals surface area contributed by atoms with Gasteiger partial charge in [-0.2, -0.15) is 0 Å². The van der Waals surface area contributed by atoms with Gasteiger partial charge in [0.05, 0.1) is 0 Å². The Bertz CT molecular complexity index is 119. The smallest absolute Gasteiger partial charge is 0.231 e. The van der Waals surface area contributed by atoms with E-state index in [4.69, 9.17) is 4.55 Å². The summed E-state index contributed by atoms with van der Waals surface area (Å²) >= 11 is -1.85. The molecule has 2 N–H and O–H groups in total. The lowest BCUT2D eigenvalue weighted by Gasteiger charge is -2.16. The third-order valence-corrected chi connectivity index (χ3v) is 1.55. The molecule has 0 spiro atoms. The summed E-state index contributed by atoms with van der Waals surface area (Å²) in [6.07, 6.45) is 0.902. The lowest BCUT2D eigenvalue weighted by molar-refractivity contribution is 0.377. The van der Waals surface area contributed by atoms with Gasteiger partial charge in [0.25, 0.3) is 0 Å². The molecular weight excluding hydrogens is 150 g/mol. The zero-order valence-corrected chi connectivity index (χ0v) is 7.49. The molecule has 0 heterocycles. The molecule has 0 rings (SSSR count). The van der Waals surface area contributed by atoms with E-state index in [0.29, 0.717) is 6.54 Å². The molecule has 3 nitrogen and oxygen atoms in total. The van der Waals surface area contributed by atoms with Crippen molar-refractivity contribution in [3.05, 3.63) is 0 Å². The first-order valence-corrected chi connectivity index (χ1v) is 4.37. The summed E-state index contributed by atoms with van der Waals surface area (Å²) in [5.41, 5.74) is 0.229. The number of hydrogen-bond donors (Lipinski definition) is 2. The molecule has 0 aromatic heterocycles. The molecule has 0 amide bonds. The first-order chi connectivity index (χ1) is 4.42. The summed E-state index contributed by atoms with van der Waals surface area (Å²) in [5, 5.41) is 0. The predicted molar refractivity (Wildman–Crippen MR) is 42.8 cm³/mol. The molecule has 0 aliphatic rings. The van der Waals surface area contributed by atoms with E-state index in [1.165, 1.54) is 0 Å². The molecule has 4 heteroatoms. The third-order valence-electron chi connectivity index (χ3n) is 1.10. The Morgan fingerprint density at radius 1 is 1.50 bits per heavy atom. The highest BCUT2D eigenvalue weighted by Gasteiger charge is 2.09. The highest BCUT2D eigenvalue weighted by molar-refractivity contribution is 7.77. The first-order valence-electron chi connectivity index (χ1n) is 3.26. The Balaban J connectivity index is 3.29. The second kappa shape index (κ2) is 4.05. The van der Waals surface area contributed by atoms with Crippen LogP contribution in [0.2, 0.25) is 0 Å². The molecular formula is C6H15NO2S. The molecule has 1 atom stereocenters. The Morgan fingerprint density at radius 3 is 2.30 bits per heavy atom. The summed E-state index contributed by atoms with van der Waals surface area (Å²) < 4.78 is 20.8. The summed E-state index contributed by atoms with van der Waals surface area (Å²) in [5.74, 6) is 0. The Labute approximate surface area is 64.6 Å². The van der Waals surface area contributed by atoms with Gasteiger partial charge in [-0.1, -0.05) is 20.8 Å². The van der Waals surface area contributed by atoms with Crippen LogP contribution in [-0.4, -0.2) is 15.3 Å². The van der Waals surface area contributed by atoms with E-state index < -0.39 is 11.3 Å².